The van der Waals surface area contributed by atoms with E-state index in [9.17, 15) is 13.2 Å². The van der Waals surface area contributed by atoms with Gasteiger partial charge in [0, 0.05) is 13.1 Å². The van der Waals surface area contributed by atoms with Gasteiger partial charge in [-0.2, -0.15) is 13.2 Å². The summed E-state index contributed by atoms with van der Waals surface area (Å²) in [6.07, 6.45) is -1.36. The molecule has 0 amide bonds. The normalized spacial score (nSPS) is 33.9. The van der Waals surface area contributed by atoms with E-state index in [2.05, 4.69) is 5.32 Å². The van der Waals surface area contributed by atoms with Crippen LogP contribution in [0.4, 0.5) is 13.2 Å². The van der Waals surface area contributed by atoms with Gasteiger partial charge in [-0.25, -0.2) is 0 Å². The standard InChI is InChI=1S/C10H17F3N2S/c11-10(12,13)8-7-14-4-2-5-15(8)9-3-1-6-16-9/h8-9,14H,1-7H2. The third-order valence-corrected chi connectivity index (χ3v) is 4.58. The lowest BCUT2D eigenvalue weighted by Crippen LogP contribution is -2.52. The second-order valence-corrected chi connectivity index (χ2v) is 5.61. The molecule has 16 heavy (non-hydrogen) atoms. The summed E-state index contributed by atoms with van der Waals surface area (Å²) in [6.45, 7) is 1.30. The molecule has 2 rings (SSSR count). The number of thioether (sulfide) groups is 1. The van der Waals surface area contributed by atoms with E-state index in [0.29, 0.717) is 13.1 Å². The van der Waals surface area contributed by atoms with Crippen molar-refractivity contribution < 1.29 is 13.2 Å². The monoisotopic (exact) mass is 254 g/mol. The Morgan fingerprint density at radius 3 is 2.69 bits per heavy atom. The summed E-state index contributed by atoms with van der Waals surface area (Å²) in [5.74, 6) is 0.999. The highest BCUT2D eigenvalue weighted by molar-refractivity contribution is 8.00. The van der Waals surface area contributed by atoms with E-state index >= 15 is 0 Å². The van der Waals surface area contributed by atoms with Gasteiger partial charge in [0.1, 0.15) is 6.04 Å². The van der Waals surface area contributed by atoms with E-state index in [1.54, 1.807) is 16.7 Å². The van der Waals surface area contributed by atoms with Gasteiger partial charge in [0.25, 0.3) is 0 Å². The van der Waals surface area contributed by atoms with E-state index in [4.69, 9.17) is 0 Å². The van der Waals surface area contributed by atoms with E-state index in [-0.39, 0.29) is 11.9 Å². The lowest BCUT2D eigenvalue weighted by atomic mass is 10.2. The number of nitrogens with zero attached hydrogens (tertiary/aromatic N) is 1. The number of hydrogen-bond acceptors (Lipinski definition) is 3. The third-order valence-electron chi connectivity index (χ3n) is 3.16. The van der Waals surface area contributed by atoms with Crippen molar-refractivity contribution in [3.05, 3.63) is 0 Å². The molecule has 0 saturated carbocycles. The number of hydrogen-bond donors (Lipinski definition) is 1. The molecule has 2 atom stereocenters. The zero-order valence-corrected chi connectivity index (χ0v) is 9.91. The minimum Gasteiger partial charge on any atom is -0.315 e. The van der Waals surface area contributed by atoms with Gasteiger partial charge >= 0.3 is 6.18 Å². The topological polar surface area (TPSA) is 15.3 Å². The van der Waals surface area contributed by atoms with Crippen LogP contribution in [0.5, 0.6) is 0 Å². The Hall–Kier alpha value is 0.0600. The van der Waals surface area contributed by atoms with Crippen molar-refractivity contribution in [1.82, 2.24) is 10.2 Å². The maximum absolute atomic E-state index is 12.9. The fraction of sp³-hybridized carbons (Fsp3) is 1.00. The lowest BCUT2D eigenvalue weighted by molar-refractivity contribution is -0.182. The molecule has 6 heteroatoms. The van der Waals surface area contributed by atoms with Crippen molar-refractivity contribution in [2.75, 3.05) is 25.4 Å². The molecular weight excluding hydrogens is 237 g/mol. The largest absolute Gasteiger partial charge is 0.405 e. The van der Waals surface area contributed by atoms with Gasteiger partial charge in [-0.05, 0) is 31.6 Å². The summed E-state index contributed by atoms with van der Waals surface area (Å²) in [6, 6.07) is -1.30. The van der Waals surface area contributed by atoms with E-state index < -0.39 is 12.2 Å². The highest BCUT2D eigenvalue weighted by Gasteiger charge is 2.46. The van der Waals surface area contributed by atoms with Crippen molar-refractivity contribution in [2.45, 2.75) is 36.9 Å². The summed E-state index contributed by atoms with van der Waals surface area (Å²) < 4.78 is 38.8. The second-order valence-electron chi connectivity index (χ2n) is 4.32. The second kappa shape index (κ2) is 5.14. The molecule has 0 aromatic carbocycles. The number of rotatable bonds is 1. The Morgan fingerprint density at radius 1 is 1.25 bits per heavy atom. The Balaban J connectivity index is 2.09. The Labute approximate surface area is 97.9 Å². The average Bonchev–Trinajstić information content (AvgIpc) is 2.60. The number of alkyl halides is 3. The van der Waals surface area contributed by atoms with Gasteiger partial charge in [0.05, 0.1) is 5.37 Å². The first-order valence-electron chi connectivity index (χ1n) is 5.74. The molecule has 0 aromatic rings. The first kappa shape index (κ1) is 12.5. The molecule has 2 aliphatic rings. The summed E-state index contributed by atoms with van der Waals surface area (Å²) in [5.41, 5.74) is 0. The van der Waals surface area contributed by atoms with Gasteiger partial charge in [0.15, 0.2) is 0 Å². The molecule has 2 unspecified atom stereocenters. The predicted molar refractivity (Wildman–Crippen MR) is 59.5 cm³/mol. The van der Waals surface area contributed by atoms with Crippen LogP contribution in [0, 0.1) is 0 Å². The van der Waals surface area contributed by atoms with Crippen LogP contribution in [-0.2, 0) is 0 Å². The molecular formula is C10H17F3N2S. The average molecular weight is 254 g/mol. The molecule has 0 bridgehead atoms. The molecule has 2 heterocycles. The summed E-state index contributed by atoms with van der Waals surface area (Å²) in [4.78, 5) is 1.66. The van der Waals surface area contributed by atoms with Gasteiger partial charge in [-0.1, -0.05) is 0 Å². The Kier molecular flexibility index (Phi) is 4.02. The summed E-state index contributed by atoms with van der Waals surface area (Å²) >= 11 is 1.68. The maximum Gasteiger partial charge on any atom is 0.405 e. The fourth-order valence-electron chi connectivity index (χ4n) is 2.37. The molecule has 94 valence electrons. The van der Waals surface area contributed by atoms with Crippen molar-refractivity contribution in [3.8, 4) is 0 Å². The molecule has 0 aromatic heterocycles. The van der Waals surface area contributed by atoms with Crippen LogP contribution in [0.2, 0.25) is 0 Å². The van der Waals surface area contributed by atoms with Gasteiger partial charge in [-0.15, -0.1) is 11.8 Å². The van der Waals surface area contributed by atoms with E-state index in [1.165, 1.54) is 0 Å². The minimum absolute atomic E-state index is 0.0422. The summed E-state index contributed by atoms with van der Waals surface area (Å²) in [7, 11) is 0. The van der Waals surface area contributed by atoms with Crippen LogP contribution in [-0.4, -0.2) is 47.9 Å². The van der Waals surface area contributed by atoms with Crippen LogP contribution in [0.1, 0.15) is 19.3 Å². The quantitative estimate of drug-likeness (QED) is 0.771. The molecule has 0 spiro atoms. The third kappa shape index (κ3) is 2.84. The van der Waals surface area contributed by atoms with Gasteiger partial charge < -0.3 is 5.32 Å². The SMILES string of the molecule is FC(F)(F)C1CNCCCN1C1CCCS1. The van der Waals surface area contributed by atoms with Crippen LogP contribution < -0.4 is 5.32 Å². The van der Waals surface area contributed by atoms with Crippen LogP contribution in [0.3, 0.4) is 0 Å². The highest BCUT2D eigenvalue weighted by atomic mass is 32.2. The van der Waals surface area contributed by atoms with Gasteiger partial charge in [-0.3, -0.25) is 4.90 Å². The van der Waals surface area contributed by atoms with Crippen molar-refractivity contribution in [2.24, 2.45) is 0 Å². The zero-order chi connectivity index (χ0) is 11.6. The van der Waals surface area contributed by atoms with E-state index in [0.717, 1.165) is 25.0 Å². The highest BCUT2D eigenvalue weighted by Crippen LogP contribution is 2.35. The maximum atomic E-state index is 12.9. The molecule has 2 fully saturated rings. The smallest absolute Gasteiger partial charge is 0.315 e. The van der Waals surface area contributed by atoms with E-state index in [1.807, 2.05) is 0 Å². The van der Waals surface area contributed by atoms with Crippen LogP contribution >= 0.6 is 11.8 Å². The minimum atomic E-state index is -4.11. The Morgan fingerprint density at radius 2 is 2.06 bits per heavy atom. The number of nitrogens with one attached hydrogen (secondary N) is 1. The number of halogens is 3. The lowest BCUT2D eigenvalue weighted by Gasteiger charge is -2.35. The first-order chi connectivity index (χ1) is 7.59. The molecule has 1 N–H and O–H groups in total. The van der Waals surface area contributed by atoms with Crippen molar-refractivity contribution >= 4 is 11.8 Å². The predicted octanol–water partition coefficient (Wildman–Crippen LogP) is 2.07. The van der Waals surface area contributed by atoms with Crippen molar-refractivity contribution in [1.29, 1.82) is 0 Å². The van der Waals surface area contributed by atoms with Gasteiger partial charge in [0.2, 0.25) is 0 Å². The molecule has 0 aliphatic carbocycles. The molecule has 2 saturated heterocycles. The fourth-order valence-corrected chi connectivity index (χ4v) is 3.75. The molecule has 0 radical (unpaired) electrons. The Bertz CT molecular complexity index is 229. The molecule has 2 aliphatic heterocycles. The first-order valence-corrected chi connectivity index (χ1v) is 6.78. The van der Waals surface area contributed by atoms with Crippen molar-refractivity contribution in [3.63, 3.8) is 0 Å². The zero-order valence-electron chi connectivity index (χ0n) is 9.09. The van der Waals surface area contributed by atoms with Crippen LogP contribution in [0.25, 0.3) is 0 Å². The molecule has 2 nitrogen and oxygen atoms in total. The van der Waals surface area contributed by atoms with Crippen LogP contribution in [0.15, 0.2) is 0 Å². The summed E-state index contributed by atoms with van der Waals surface area (Å²) in [5, 5.41) is 2.96.